The number of rotatable bonds is 7. The molecule has 6 heteroatoms. The number of nitrogens with zero attached hydrogens (tertiary/aromatic N) is 3. The zero-order valence-electron chi connectivity index (χ0n) is 11.6. The van der Waals surface area contributed by atoms with Crippen LogP contribution in [-0.2, 0) is 13.0 Å². The maximum atomic E-state index is 5.49. The predicted octanol–water partition coefficient (Wildman–Crippen LogP) is 2.38. The van der Waals surface area contributed by atoms with E-state index in [1.165, 1.54) is 0 Å². The Hall–Kier alpha value is -1.40. The summed E-state index contributed by atoms with van der Waals surface area (Å²) in [5, 5.41) is 8.34. The van der Waals surface area contributed by atoms with Gasteiger partial charge in [-0.1, -0.05) is 21.1 Å². The smallest absolute Gasteiger partial charge is 0.119 e. The number of hydrogen-bond acceptors (Lipinski definition) is 4. The van der Waals surface area contributed by atoms with Crippen LogP contribution in [0, 0.1) is 0 Å². The number of ether oxygens (including phenoxy) is 1. The molecular formula is C14H19BrN4O. The Morgan fingerprint density at radius 2 is 2.20 bits per heavy atom. The monoisotopic (exact) mass is 338 g/mol. The summed E-state index contributed by atoms with van der Waals surface area (Å²) < 4.78 is 8.13. The Bertz CT molecular complexity index is 556. The molecule has 0 unspecified atom stereocenters. The van der Waals surface area contributed by atoms with Gasteiger partial charge in [0.25, 0.3) is 0 Å². The zero-order valence-corrected chi connectivity index (χ0v) is 13.1. The fourth-order valence-corrected chi connectivity index (χ4v) is 2.33. The van der Waals surface area contributed by atoms with Gasteiger partial charge in [0, 0.05) is 10.7 Å². The van der Waals surface area contributed by atoms with Crippen LogP contribution in [0.2, 0.25) is 0 Å². The van der Waals surface area contributed by atoms with Gasteiger partial charge in [-0.2, -0.15) is 0 Å². The van der Waals surface area contributed by atoms with Crippen molar-refractivity contribution in [2.45, 2.75) is 25.8 Å². The zero-order chi connectivity index (χ0) is 14.4. The molecule has 0 amide bonds. The normalized spacial score (nSPS) is 10.8. The quantitative estimate of drug-likeness (QED) is 0.787. The Morgan fingerprint density at radius 3 is 2.95 bits per heavy atom. The van der Waals surface area contributed by atoms with E-state index < -0.39 is 0 Å². The molecule has 1 heterocycles. The summed E-state index contributed by atoms with van der Waals surface area (Å²) in [5.41, 5.74) is 7.61. The molecule has 0 atom stereocenters. The highest BCUT2D eigenvalue weighted by Gasteiger charge is 2.06. The van der Waals surface area contributed by atoms with Crippen molar-refractivity contribution in [2.24, 2.45) is 5.73 Å². The minimum Gasteiger partial charge on any atom is -0.497 e. The highest BCUT2D eigenvalue weighted by atomic mass is 79.9. The first-order valence-corrected chi connectivity index (χ1v) is 7.43. The molecule has 1 aromatic heterocycles. The molecule has 0 aliphatic heterocycles. The average molecular weight is 339 g/mol. The highest BCUT2D eigenvalue weighted by molar-refractivity contribution is 9.10. The number of methoxy groups -OCH3 is 1. The molecule has 108 valence electrons. The first-order chi connectivity index (χ1) is 9.72. The molecule has 0 saturated carbocycles. The molecule has 5 nitrogen and oxygen atoms in total. The second-order valence-corrected chi connectivity index (χ2v) is 5.46. The molecule has 0 saturated heterocycles. The van der Waals surface area contributed by atoms with E-state index in [-0.39, 0.29) is 0 Å². The SMILES string of the molecule is COc1ccc(Br)c(Cn2cc(CCCCN)nn2)c1. The maximum absolute atomic E-state index is 5.49. The summed E-state index contributed by atoms with van der Waals surface area (Å²) in [4.78, 5) is 0. The van der Waals surface area contributed by atoms with Gasteiger partial charge in [-0.25, -0.2) is 4.68 Å². The Balaban J connectivity index is 2.03. The molecule has 2 aromatic rings. The summed E-state index contributed by atoms with van der Waals surface area (Å²) in [7, 11) is 1.66. The van der Waals surface area contributed by atoms with E-state index >= 15 is 0 Å². The Morgan fingerprint density at radius 1 is 1.35 bits per heavy atom. The first kappa shape index (κ1) is 15.0. The van der Waals surface area contributed by atoms with E-state index in [9.17, 15) is 0 Å². The fraction of sp³-hybridized carbons (Fsp3) is 0.429. The van der Waals surface area contributed by atoms with Gasteiger partial charge in [-0.15, -0.1) is 5.10 Å². The average Bonchev–Trinajstić information content (AvgIpc) is 2.89. The van der Waals surface area contributed by atoms with Crippen molar-refractivity contribution in [3.63, 3.8) is 0 Å². The topological polar surface area (TPSA) is 66.0 Å². The number of halogens is 1. The summed E-state index contributed by atoms with van der Waals surface area (Å²) in [6.07, 6.45) is 4.99. The van der Waals surface area contributed by atoms with E-state index in [2.05, 4.69) is 26.2 Å². The number of unbranched alkanes of at least 4 members (excludes halogenated alkanes) is 1. The van der Waals surface area contributed by atoms with Gasteiger partial charge < -0.3 is 10.5 Å². The summed E-state index contributed by atoms with van der Waals surface area (Å²) in [6, 6.07) is 5.90. The molecule has 0 fully saturated rings. The molecule has 2 rings (SSSR count). The van der Waals surface area contributed by atoms with Crippen LogP contribution < -0.4 is 10.5 Å². The van der Waals surface area contributed by atoms with E-state index in [0.29, 0.717) is 6.54 Å². The van der Waals surface area contributed by atoms with Gasteiger partial charge >= 0.3 is 0 Å². The largest absolute Gasteiger partial charge is 0.497 e. The van der Waals surface area contributed by atoms with Gasteiger partial charge in [0.05, 0.1) is 19.3 Å². The summed E-state index contributed by atoms with van der Waals surface area (Å²) >= 11 is 3.54. The van der Waals surface area contributed by atoms with Crippen LogP contribution in [0.5, 0.6) is 5.75 Å². The summed E-state index contributed by atoms with van der Waals surface area (Å²) in [6.45, 7) is 1.40. The third-order valence-corrected chi connectivity index (χ3v) is 3.83. The third kappa shape index (κ3) is 4.05. The van der Waals surface area contributed by atoms with E-state index in [1.54, 1.807) is 7.11 Å². The molecule has 0 aliphatic rings. The van der Waals surface area contributed by atoms with Crippen molar-refractivity contribution in [1.29, 1.82) is 0 Å². The number of aromatic nitrogens is 3. The van der Waals surface area contributed by atoms with E-state index in [4.69, 9.17) is 10.5 Å². The predicted molar refractivity (Wildman–Crippen MR) is 81.8 cm³/mol. The van der Waals surface area contributed by atoms with E-state index in [1.807, 2.05) is 29.1 Å². The minimum absolute atomic E-state index is 0.668. The molecule has 0 radical (unpaired) electrons. The fourth-order valence-electron chi connectivity index (χ4n) is 1.95. The number of benzene rings is 1. The second-order valence-electron chi connectivity index (χ2n) is 4.61. The molecule has 0 aliphatic carbocycles. The van der Waals surface area contributed by atoms with Crippen molar-refractivity contribution in [3.05, 3.63) is 40.1 Å². The Kier molecular flexibility index (Phi) is 5.55. The van der Waals surface area contributed by atoms with Crippen LogP contribution in [0.15, 0.2) is 28.9 Å². The minimum atomic E-state index is 0.668. The van der Waals surface area contributed by atoms with Gasteiger partial charge in [0.1, 0.15) is 5.75 Å². The number of nitrogens with two attached hydrogens (primary N) is 1. The summed E-state index contributed by atoms with van der Waals surface area (Å²) in [5.74, 6) is 0.839. The van der Waals surface area contributed by atoms with E-state index in [0.717, 1.165) is 47.3 Å². The van der Waals surface area contributed by atoms with Gasteiger partial charge in [0.2, 0.25) is 0 Å². The van der Waals surface area contributed by atoms with Gasteiger partial charge in [-0.05, 0) is 49.6 Å². The van der Waals surface area contributed by atoms with Crippen LogP contribution in [-0.4, -0.2) is 28.6 Å². The van der Waals surface area contributed by atoms with Crippen LogP contribution in [0.4, 0.5) is 0 Å². The Labute approximate surface area is 127 Å². The molecule has 20 heavy (non-hydrogen) atoms. The second kappa shape index (κ2) is 7.40. The molecule has 2 N–H and O–H groups in total. The van der Waals surface area contributed by atoms with Crippen molar-refractivity contribution in [2.75, 3.05) is 13.7 Å². The van der Waals surface area contributed by atoms with Crippen molar-refractivity contribution >= 4 is 15.9 Å². The molecule has 1 aromatic carbocycles. The van der Waals surface area contributed by atoms with Gasteiger partial charge in [-0.3, -0.25) is 0 Å². The highest BCUT2D eigenvalue weighted by Crippen LogP contribution is 2.23. The number of hydrogen-bond donors (Lipinski definition) is 1. The third-order valence-electron chi connectivity index (χ3n) is 3.06. The van der Waals surface area contributed by atoms with Crippen molar-refractivity contribution in [1.82, 2.24) is 15.0 Å². The van der Waals surface area contributed by atoms with Crippen LogP contribution in [0.3, 0.4) is 0 Å². The standard InChI is InChI=1S/C14H19BrN4O/c1-20-13-5-6-14(15)11(8-13)9-19-10-12(17-18-19)4-2-3-7-16/h5-6,8,10H,2-4,7,9,16H2,1H3. The van der Waals surface area contributed by atoms with Crippen molar-refractivity contribution < 1.29 is 4.74 Å². The lowest BCUT2D eigenvalue weighted by Crippen LogP contribution is -2.01. The van der Waals surface area contributed by atoms with Gasteiger partial charge in [0.15, 0.2) is 0 Å². The van der Waals surface area contributed by atoms with Crippen LogP contribution in [0.25, 0.3) is 0 Å². The van der Waals surface area contributed by atoms with Crippen molar-refractivity contribution in [3.8, 4) is 5.75 Å². The molecule has 0 bridgehead atoms. The lowest BCUT2D eigenvalue weighted by Gasteiger charge is -2.06. The number of aryl methyl sites for hydroxylation is 1. The van der Waals surface area contributed by atoms with Crippen LogP contribution in [0.1, 0.15) is 24.1 Å². The lowest BCUT2D eigenvalue weighted by atomic mass is 10.2. The maximum Gasteiger partial charge on any atom is 0.119 e. The molecular weight excluding hydrogens is 320 g/mol. The molecule has 0 spiro atoms. The lowest BCUT2D eigenvalue weighted by molar-refractivity contribution is 0.414. The van der Waals surface area contributed by atoms with Crippen LogP contribution >= 0.6 is 15.9 Å². The first-order valence-electron chi connectivity index (χ1n) is 6.64.